The van der Waals surface area contributed by atoms with E-state index in [-0.39, 0.29) is 6.61 Å². The van der Waals surface area contributed by atoms with Crippen LogP contribution in [-0.2, 0) is 11.5 Å². The predicted molar refractivity (Wildman–Crippen MR) is 54.4 cm³/mol. The number of aryl methyl sites for hydroxylation is 1. The van der Waals surface area contributed by atoms with E-state index in [9.17, 15) is 0 Å². The molecule has 74 valence electrons. The van der Waals surface area contributed by atoms with Crippen LogP contribution in [0.4, 0.5) is 5.69 Å². The Bertz CT molecular complexity index is 228. The summed E-state index contributed by atoms with van der Waals surface area (Å²) in [6.07, 6.45) is 0. The van der Waals surface area contributed by atoms with Crippen LogP contribution in [0.2, 0.25) is 0 Å². The summed E-state index contributed by atoms with van der Waals surface area (Å²) in [5, 5.41) is 8.21. The minimum absolute atomic E-state index is 0.151. The lowest BCUT2D eigenvalue weighted by molar-refractivity contribution is -0.252. The highest BCUT2D eigenvalue weighted by molar-refractivity contribution is 5.49. The van der Waals surface area contributed by atoms with Gasteiger partial charge in [0.1, 0.15) is 6.61 Å². The van der Waals surface area contributed by atoms with Crippen molar-refractivity contribution in [2.75, 3.05) is 5.73 Å². The molecular formula is C10H17NO2. The fraction of sp³-hybridized carbons (Fsp3) is 0.400. The number of benzene rings is 1. The summed E-state index contributed by atoms with van der Waals surface area (Å²) in [6, 6.07) is 5.57. The van der Waals surface area contributed by atoms with Crippen LogP contribution in [0.1, 0.15) is 25.0 Å². The molecule has 1 aromatic carbocycles. The van der Waals surface area contributed by atoms with Crippen LogP contribution < -0.4 is 5.73 Å². The van der Waals surface area contributed by atoms with E-state index < -0.39 is 0 Å². The lowest BCUT2D eigenvalue weighted by Gasteiger charge is -2.05. The van der Waals surface area contributed by atoms with Crippen molar-refractivity contribution in [3.8, 4) is 0 Å². The van der Waals surface area contributed by atoms with E-state index in [0.29, 0.717) is 5.69 Å². The van der Waals surface area contributed by atoms with Gasteiger partial charge in [-0.1, -0.05) is 26.0 Å². The van der Waals surface area contributed by atoms with E-state index >= 15 is 0 Å². The Morgan fingerprint density at radius 2 is 2.00 bits per heavy atom. The van der Waals surface area contributed by atoms with Crippen molar-refractivity contribution < 1.29 is 10.1 Å². The smallest absolute Gasteiger partial charge is 0.109 e. The van der Waals surface area contributed by atoms with Crippen LogP contribution in [-0.4, -0.2) is 5.26 Å². The summed E-state index contributed by atoms with van der Waals surface area (Å²) in [5.41, 5.74) is 8.14. The van der Waals surface area contributed by atoms with Crippen molar-refractivity contribution in [2.45, 2.75) is 27.4 Å². The van der Waals surface area contributed by atoms with Gasteiger partial charge in [0, 0.05) is 11.3 Å². The summed E-state index contributed by atoms with van der Waals surface area (Å²) < 4.78 is 0. The topological polar surface area (TPSA) is 55.5 Å². The highest BCUT2D eigenvalue weighted by Crippen LogP contribution is 2.16. The van der Waals surface area contributed by atoms with Crippen LogP contribution in [0.5, 0.6) is 0 Å². The molecule has 1 rings (SSSR count). The number of hydrogen-bond acceptors (Lipinski definition) is 3. The van der Waals surface area contributed by atoms with Crippen LogP contribution in [0.25, 0.3) is 0 Å². The van der Waals surface area contributed by atoms with Gasteiger partial charge in [-0.2, -0.15) is 0 Å². The van der Waals surface area contributed by atoms with Crippen molar-refractivity contribution in [2.24, 2.45) is 0 Å². The zero-order valence-corrected chi connectivity index (χ0v) is 8.37. The minimum Gasteiger partial charge on any atom is -0.398 e. The Labute approximate surface area is 79.1 Å². The fourth-order valence-corrected chi connectivity index (χ4v) is 0.987. The molecule has 0 spiro atoms. The molecule has 0 aliphatic heterocycles. The molecule has 0 heterocycles. The van der Waals surface area contributed by atoms with E-state index in [1.54, 1.807) is 6.07 Å². The molecule has 0 saturated carbocycles. The van der Waals surface area contributed by atoms with Gasteiger partial charge < -0.3 is 5.73 Å². The maximum absolute atomic E-state index is 8.21. The minimum atomic E-state index is 0.151. The highest BCUT2D eigenvalue weighted by Gasteiger charge is 2.01. The fourth-order valence-electron chi connectivity index (χ4n) is 0.987. The van der Waals surface area contributed by atoms with Gasteiger partial charge in [-0.25, -0.2) is 4.89 Å². The second-order valence-electron chi connectivity index (χ2n) is 2.42. The molecule has 0 unspecified atom stereocenters. The molecule has 3 heteroatoms. The molecule has 0 aliphatic carbocycles. The first-order valence-corrected chi connectivity index (χ1v) is 4.36. The van der Waals surface area contributed by atoms with Gasteiger partial charge in [0.25, 0.3) is 0 Å². The summed E-state index contributed by atoms with van der Waals surface area (Å²) in [5.74, 6) is 0. The van der Waals surface area contributed by atoms with Crippen LogP contribution in [0, 0.1) is 6.92 Å². The third kappa shape index (κ3) is 3.44. The van der Waals surface area contributed by atoms with Crippen molar-refractivity contribution in [3.05, 3.63) is 29.3 Å². The number of hydrogen-bond donors (Lipinski definition) is 2. The van der Waals surface area contributed by atoms with E-state index in [1.807, 2.05) is 32.9 Å². The van der Waals surface area contributed by atoms with Gasteiger partial charge in [0.15, 0.2) is 0 Å². The summed E-state index contributed by atoms with van der Waals surface area (Å²) >= 11 is 0. The standard InChI is InChI=1S/C8H11NO2.C2H6/c1-6-3-2-4-8(9)7(6)5-11-10;1-2/h2-4,10H,5,9H2,1H3;1-2H3. The predicted octanol–water partition coefficient (Wildman–Crippen LogP) is 2.59. The van der Waals surface area contributed by atoms with Gasteiger partial charge in [0.05, 0.1) is 0 Å². The van der Waals surface area contributed by atoms with E-state index in [2.05, 4.69) is 4.89 Å². The molecule has 0 aromatic heterocycles. The molecule has 13 heavy (non-hydrogen) atoms. The first kappa shape index (κ1) is 11.9. The van der Waals surface area contributed by atoms with Gasteiger partial charge in [-0.05, 0) is 18.6 Å². The molecule has 0 amide bonds. The lowest BCUT2D eigenvalue weighted by Crippen LogP contribution is -1.98. The van der Waals surface area contributed by atoms with Crippen molar-refractivity contribution in [1.29, 1.82) is 0 Å². The summed E-state index contributed by atoms with van der Waals surface area (Å²) in [7, 11) is 0. The average molecular weight is 183 g/mol. The quantitative estimate of drug-likeness (QED) is 0.421. The third-order valence-electron chi connectivity index (χ3n) is 1.66. The third-order valence-corrected chi connectivity index (χ3v) is 1.66. The maximum Gasteiger partial charge on any atom is 0.109 e. The number of nitrogens with two attached hydrogens (primary N) is 1. The molecule has 0 atom stereocenters. The molecule has 3 N–H and O–H groups in total. The number of rotatable bonds is 2. The maximum atomic E-state index is 8.21. The van der Waals surface area contributed by atoms with Gasteiger partial charge in [0.2, 0.25) is 0 Å². The Hall–Kier alpha value is -1.06. The van der Waals surface area contributed by atoms with Crippen molar-refractivity contribution >= 4 is 5.69 Å². The Morgan fingerprint density at radius 3 is 2.46 bits per heavy atom. The molecule has 0 radical (unpaired) electrons. The van der Waals surface area contributed by atoms with Gasteiger partial charge >= 0.3 is 0 Å². The average Bonchev–Trinajstić information content (AvgIpc) is 2.15. The molecular weight excluding hydrogens is 166 g/mol. The van der Waals surface area contributed by atoms with E-state index in [4.69, 9.17) is 11.0 Å². The molecule has 0 aliphatic rings. The zero-order chi connectivity index (χ0) is 10.3. The molecule has 3 nitrogen and oxygen atoms in total. The van der Waals surface area contributed by atoms with E-state index in [1.165, 1.54) is 0 Å². The SMILES string of the molecule is CC.Cc1cccc(N)c1COO. The summed E-state index contributed by atoms with van der Waals surface area (Å²) in [6.45, 7) is 6.07. The van der Waals surface area contributed by atoms with Crippen LogP contribution in [0.15, 0.2) is 18.2 Å². The Kier molecular flexibility index (Phi) is 5.93. The second kappa shape index (κ2) is 6.46. The number of anilines is 1. The summed E-state index contributed by atoms with van der Waals surface area (Å²) in [4.78, 5) is 4.01. The first-order valence-electron chi connectivity index (χ1n) is 4.36. The van der Waals surface area contributed by atoms with E-state index in [0.717, 1.165) is 11.1 Å². The van der Waals surface area contributed by atoms with Gasteiger partial charge in [-0.3, -0.25) is 5.26 Å². The molecule has 0 saturated heterocycles. The van der Waals surface area contributed by atoms with Crippen LogP contribution >= 0.6 is 0 Å². The normalized spacial score (nSPS) is 8.92. The molecule has 0 fully saturated rings. The lowest BCUT2D eigenvalue weighted by atomic mass is 10.1. The molecule has 0 bridgehead atoms. The Balaban J connectivity index is 0.000000671. The van der Waals surface area contributed by atoms with Crippen molar-refractivity contribution in [1.82, 2.24) is 0 Å². The second-order valence-corrected chi connectivity index (χ2v) is 2.42. The highest BCUT2D eigenvalue weighted by atomic mass is 17.1. The number of nitrogen functional groups attached to an aromatic ring is 1. The largest absolute Gasteiger partial charge is 0.398 e. The zero-order valence-electron chi connectivity index (χ0n) is 8.37. The van der Waals surface area contributed by atoms with Crippen molar-refractivity contribution in [3.63, 3.8) is 0 Å². The Morgan fingerprint density at radius 1 is 1.38 bits per heavy atom. The first-order chi connectivity index (χ1) is 6.25. The van der Waals surface area contributed by atoms with Gasteiger partial charge in [-0.15, -0.1) is 0 Å². The monoisotopic (exact) mass is 183 g/mol. The van der Waals surface area contributed by atoms with Crippen LogP contribution in [0.3, 0.4) is 0 Å². The molecule has 1 aromatic rings.